The SMILES string of the molecule is COc1c(-c2nc(-c3cccnc3)c(C)[nH]2)cc(Cl)c(N)c1[N+](=O)[O-]. The molecule has 8 nitrogen and oxygen atoms in total. The smallest absolute Gasteiger partial charge is 0.335 e. The molecule has 0 atom stereocenters. The van der Waals surface area contributed by atoms with E-state index in [9.17, 15) is 10.1 Å². The molecule has 25 heavy (non-hydrogen) atoms. The summed E-state index contributed by atoms with van der Waals surface area (Å²) < 4.78 is 5.23. The van der Waals surface area contributed by atoms with Crippen LogP contribution in [0.25, 0.3) is 22.6 Å². The van der Waals surface area contributed by atoms with Crippen molar-refractivity contribution < 1.29 is 9.66 Å². The van der Waals surface area contributed by atoms with Gasteiger partial charge in [0.25, 0.3) is 0 Å². The fraction of sp³-hybridized carbons (Fsp3) is 0.125. The van der Waals surface area contributed by atoms with Crippen LogP contribution < -0.4 is 10.5 Å². The monoisotopic (exact) mass is 359 g/mol. The highest BCUT2D eigenvalue weighted by atomic mass is 35.5. The maximum atomic E-state index is 11.4. The Labute approximate surface area is 147 Å². The second-order valence-corrected chi connectivity index (χ2v) is 5.67. The number of nitrogens with one attached hydrogen (secondary N) is 1. The van der Waals surface area contributed by atoms with E-state index in [-0.39, 0.29) is 22.1 Å². The van der Waals surface area contributed by atoms with Gasteiger partial charge < -0.3 is 15.5 Å². The maximum absolute atomic E-state index is 11.4. The van der Waals surface area contributed by atoms with Crippen molar-refractivity contribution in [2.45, 2.75) is 6.92 Å². The molecule has 2 heterocycles. The molecule has 0 radical (unpaired) electrons. The Kier molecular flexibility index (Phi) is 4.28. The molecule has 0 bridgehead atoms. The minimum Gasteiger partial charge on any atom is -0.490 e. The van der Waals surface area contributed by atoms with E-state index in [1.165, 1.54) is 13.2 Å². The number of rotatable bonds is 4. The Bertz CT molecular complexity index is 956. The van der Waals surface area contributed by atoms with Crippen LogP contribution in [0.4, 0.5) is 11.4 Å². The molecular formula is C16H14ClN5O3. The Hall–Kier alpha value is -3.13. The van der Waals surface area contributed by atoms with E-state index < -0.39 is 4.92 Å². The number of benzene rings is 1. The van der Waals surface area contributed by atoms with Gasteiger partial charge in [0.2, 0.25) is 5.75 Å². The number of nitro benzene ring substituents is 1. The minimum atomic E-state index is -0.624. The van der Waals surface area contributed by atoms with E-state index in [4.69, 9.17) is 22.1 Å². The number of methoxy groups -OCH3 is 1. The number of nitrogen functional groups attached to an aromatic ring is 1. The van der Waals surface area contributed by atoms with E-state index in [2.05, 4.69) is 15.0 Å². The fourth-order valence-electron chi connectivity index (χ4n) is 2.57. The van der Waals surface area contributed by atoms with E-state index in [1.807, 2.05) is 13.0 Å². The van der Waals surface area contributed by atoms with Crippen LogP contribution >= 0.6 is 11.6 Å². The molecule has 0 amide bonds. The molecule has 9 heteroatoms. The third-order valence-corrected chi connectivity index (χ3v) is 4.02. The lowest BCUT2D eigenvalue weighted by Crippen LogP contribution is -2.02. The molecule has 1 aromatic carbocycles. The lowest BCUT2D eigenvalue weighted by atomic mass is 10.1. The highest BCUT2D eigenvalue weighted by Crippen LogP contribution is 2.45. The molecule has 3 N–H and O–H groups in total. The van der Waals surface area contributed by atoms with Gasteiger partial charge >= 0.3 is 5.69 Å². The van der Waals surface area contributed by atoms with Crippen LogP contribution in [0.2, 0.25) is 5.02 Å². The number of ether oxygens (including phenoxy) is 1. The molecule has 0 saturated carbocycles. The van der Waals surface area contributed by atoms with Gasteiger partial charge in [-0.2, -0.15) is 0 Å². The van der Waals surface area contributed by atoms with E-state index in [1.54, 1.807) is 18.5 Å². The topological polar surface area (TPSA) is 120 Å². The Morgan fingerprint density at radius 3 is 2.80 bits per heavy atom. The first-order valence-electron chi connectivity index (χ1n) is 7.21. The molecule has 0 aliphatic heterocycles. The van der Waals surface area contributed by atoms with Gasteiger partial charge in [-0.25, -0.2) is 4.98 Å². The summed E-state index contributed by atoms with van der Waals surface area (Å²) in [6.07, 6.45) is 3.35. The number of aryl methyl sites for hydroxylation is 1. The number of anilines is 1. The molecule has 3 aromatic rings. The summed E-state index contributed by atoms with van der Waals surface area (Å²) in [7, 11) is 1.33. The highest BCUT2D eigenvalue weighted by Gasteiger charge is 2.28. The predicted molar refractivity (Wildman–Crippen MR) is 94.6 cm³/mol. The Morgan fingerprint density at radius 2 is 2.20 bits per heavy atom. The van der Waals surface area contributed by atoms with E-state index in [0.717, 1.165) is 11.3 Å². The van der Waals surface area contributed by atoms with Gasteiger partial charge in [0.05, 0.1) is 28.3 Å². The zero-order valence-corrected chi connectivity index (χ0v) is 14.2. The van der Waals surface area contributed by atoms with Crippen LogP contribution in [0.3, 0.4) is 0 Å². The number of imidazole rings is 1. The van der Waals surface area contributed by atoms with Gasteiger partial charge in [-0.05, 0) is 25.1 Å². The van der Waals surface area contributed by atoms with Gasteiger partial charge in [-0.3, -0.25) is 15.1 Å². The minimum absolute atomic E-state index is 0.00149. The summed E-state index contributed by atoms with van der Waals surface area (Å²) in [6, 6.07) is 5.16. The zero-order chi connectivity index (χ0) is 18.1. The molecule has 3 rings (SSSR count). The number of nitrogens with two attached hydrogens (primary N) is 1. The van der Waals surface area contributed by atoms with Crippen molar-refractivity contribution in [2.75, 3.05) is 12.8 Å². The normalized spacial score (nSPS) is 10.7. The standard InChI is InChI=1S/C16H14ClN5O3/c1-8-13(9-4-3-5-19-7-9)21-16(20-8)10-6-11(17)12(18)14(22(23)24)15(10)25-2/h3-7H,18H2,1-2H3,(H,20,21). The summed E-state index contributed by atoms with van der Waals surface area (Å²) in [6.45, 7) is 1.85. The molecule has 0 aliphatic carbocycles. The summed E-state index contributed by atoms with van der Waals surface area (Å²) >= 11 is 6.07. The maximum Gasteiger partial charge on any atom is 0.335 e. The van der Waals surface area contributed by atoms with Crippen molar-refractivity contribution in [1.82, 2.24) is 15.0 Å². The van der Waals surface area contributed by atoms with Crippen LogP contribution in [0.15, 0.2) is 30.6 Å². The number of pyridine rings is 1. The van der Waals surface area contributed by atoms with Gasteiger partial charge in [0, 0.05) is 23.7 Å². The van der Waals surface area contributed by atoms with Gasteiger partial charge in [-0.1, -0.05) is 11.6 Å². The molecule has 0 unspecified atom stereocenters. The molecule has 0 aliphatic rings. The lowest BCUT2D eigenvalue weighted by molar-refractivity contribution is -0.384. The molecule has 0 fully saturated rings. The summed E-state index contributed by atoms with van der Waals surface area (Å²) in [4.78, 5) is 22.5. The second kappa shape index (κ2) is 6.40. The number of H-pyrrole nitrogens is 1. The van der Waals surface area contributed by atoms with Crippen molar-refractivity contribution in [3.05, 3.63) is 51.4 Å². The fourth-order valence-corrected chi connectivity index (χ4v) is 2.77. The highest BCUT2D eigenvalue weighted by molar-refractivity contribution is 6.34. The molecule has 0 saturated heterocycles. The van der Waals surface area contributed by atoms with Crippen molar-refractivity contribution in [2.24, 2.45) is 0 Å². The third kappa shape index (κ3) is 2.87. The zero-order valence-electron chi connectivity index (χ0n) is 13.4. The van der Waals surface area contributed by atoms with E-state index >= 15 is 0 Å². The van der Waals surface area contributed by atoms with Crippen molar-refractivity contribution in [3.63, 3.8) is 0 Å². The number of nitro groups is 1. The summed E-state index contributed by atoms with van der Waals surface area (Å²) in [5.74, 6) is 0.386. The van der Waals surface area contributed by atoms with Crippen LogP contribution in [0.5, 0.6) is 5.75 Å². The second-order valence-electron chi connectivity index (χ2n) is 5.26. The van der Waals surface area contributed by atoms with Gasteiger partial charge in [0.15, 0.2) is 0 Å². The van der Waals surface area contributed by atoms with Crippen LogP contribution in [-0.2, 0) is 0 Å². The molecule has 0 spiro atoms. The number of hydrogen-bond donors (Lipinski definition) is 2. The Morgan fingerprint density at radius 1 is 1.44 bits per heavy atom. The van der Waals surface area contributed by atoms with E-state index in [0.29, 0.717) is 17.1 Å². The number of nitrogens with zero attached hydrogens (tertiary/aromatic N) is 3. The number of halogens is 1. The quantitative estimate of drug-likeness (QED) is 0.417. The molecular weight excluding hydrogens is 346 g/mol. The van der Waals surface area contributed by atoms with Crippen molar-refractivity contribution >= 4 is 23.0 Å². The summed E-state index contributed by atoms with van der Waals surface area (Å²) in [5, 5.41) is 11.4. The number of hydrogen-bond acceptors (Lipinski definition) is 6. The van der Waals surface area contributed by atoms with Crippen LogP contribution in [0, 0.1) is 17.0 Å². The predicted octanol–water partition coefficient (Wildman–Crippen LogP) is 3.60. The molecule has 2 aromatic heterocycles. The first-order valence-corrected chi connectivity index (χ1v) is 7.59. The van der Waals surface area contributed by atoms with Crippen LogP contribution in [0.1, 0.15) is 5.69 Å². The van der Waals surface area contributed by atoms with Crippen LogP contribution in [-0.4, -0.2) is 27.0 Å². The lowest BCUT2D eigenvalue weighted by Gasteiger charge is -2.10. The molecule has 128 valence electrons. The first kappa shape index (κ1) is 16.7. The number of aromatic amines is 1. The van der Waals surface area contributed by atoms with Crippen molar-refractivity contribution in [1.29, 1.82) is 0 Å². The van der Waals surface area contributed by atoms with Gasteiger partial charge in [0.1, 0.15) is 11.5 Å². The average Bonchev–Trinajstić information content (AvgIpc) is 2.98. The Balaban J connectivity index is 2.23. The first-order chi connectivity index (χ1) is 11.9. The third-order valence-electron chi connectivity index (χ3n) is 3.70. The summed E-state index contributed by atoms with van der Waals surface area (Å²) in [5.41, 5.74) is 7.83. The average molecular weight is 360 g/mol. The number of aromatic nitrogens is 3. The van der Waals surface area contributed by atoms with Gasteiger partial charge in [-0.15, -0.1) is 0 Å². The largest absolute Gasteiger partial charge is 0.490 e. The van der Waals surface area contributed by atoms with Crippen molar-refractivity contribution in [3.8, 4) is 28.4 Å².